The average molecular weight is 1210 g/mol. The number of aliphatic hydroxyl groups is 1. The smallest absolute Gasteiger partial charge is 0.411 e. The van der Waals surface area contributed by atoms with E-state index in [0.717, 1.165) is 136 Å². The average Bonchev–Trinajstić information content (AvgIpc) is 1.94. The molecule has 4 aromatic rings. The zero-order chi connectivity index (χ0) is 60.6. The molecule has 0 bridgehead atoms. The minimum Gasteiger partial charge on any atom is -0.444 e. The van der Waals surface area contributed by atoms with Crippen molar-refractivity contribution >= 4 is 47.1 Å². The van der Waals surface area contributed by atoms with E-state index in [4.69, 9.17) is 16.3 Å². The number of likely N-dealkylation sites (tertiary alicyclic amines) is 2. The fourth-order valence-electron chi connectivity index (χ4n) is 14.0. The van der Waals surface area contributed by atoms with Crippen LogP contribution in [0.4, 0.5) is 19.4 Å². The van der Waals surface area contributed by atoms with Gasteiger partial charge in [-0.25, -0.2) is 23.5 Å². The Morgan fingerprint density at radius 2 is 1.49 bits per heavy atom. The van der Waals surface area contributed by atoms with Gasteiger partial charge in [-0.05, 0) is 151 Å². The number of halogens is 3. The number of carbonyl (C=O) groups is 5. The predicted molar refractivity (Wildman–Crippen MR) is 326 cm³/mol. The summed E-state index contributed by atoms with van der Waals surface area (Å²) in [5.41, 5.74) is 3.27. The van der Waals surface area contributed by atoms with Gasteiger partial charge >= 0.3 is 6.09 Å². The van der Waals surface area contributed by atoms with Crippen LogP contribution in [0, 0.1) is 23.5 Å². The topological polar surface area (TPSA) is 175 Å². The Bertz CT molecular complexity index is 3010. The lowest BCUT2D eigenvalue weighted by Crippen LogP contribution is -2.57. The molecule has 1 aromatic heterocycles. The zero-order valence-corrected chi connectivity index (χ0v) is 51.4. The highest BCUT2D eigenvalue weighted by Gasteiger charge is 2.39. The number of hydrogen-bond donors (Lipinski definition) is 2. The predicted octanol–water partition coefficient (Wildman–Crippen LogP) is 9.15. The normalized spacial score (nSPS) is 21.8. The van der Waals surface area contributed by atoms with Crippen LogP contribution < -0.4 is 10.2 Å². The van der Waals surface area contributed by atoms with Crippen LogP contribution in [0.3, 0.4) is 0 Å². The van der Waals surface area contributed by atoms with Crippen LogP contribution in [-0.4, -0.2) is 184 Å². The number of ether oxygens (including phenoxy) is 1. The largest absolute Gasteiger partial charge is 0.444 e. The van der Waals surface area contributed by atoms with Gasteiger partial charge < -0.3 is 39.7 Å². The highest BCUT2D eigenvalue weighted by atomic mass is 35.5. The Morgan fingerprint density at radius 3 is 2.20 bits per heavy atom. The second kappa shape index (κ2) is 28.3. The molecule has 4 aliphatic heterocycles. The summed E-state index contributed by atoms with van der Waals surface area (Å²) in [5, 5.41) is 14.5. The van der Waals surface area contributed by atoms with Gasteiger partial charge in [0.25, 0.3) is 5.91 Å². The van der Waals surface area contributed by atoms with Gasteiger partial charge in [-0.1, -0.05) is 68.1 Å². The number of hydrogen-bond acceptors (Lipinski definition) is 12. The molecule has 2 aliphatic carbocycles. The summed E-state index contributed by atoms with van der Waals surface area (Å²) in [7, 11) is 0. The molecular formula is C66H87ClF2N10O7. The molecule has 5 fully saturated rings. The Kier molecular flexibility index (Phi) is 20.6. The van der Waals surface area contributed by atoms with Crippen molar-refractivity contribution < 1.29 is 42.6 Å². The number of fused-ring (bicyclic) bond motifs is 1. The third kappa shape index (κ3) is 15.7. The highest BCUT2D eigenvalue weighted by molar-refractivity contribution is 6.30. The molecule has 1 saturated carbocycles. The molecule has 464 valence electrons. The van der Waals surface area contributed by atoms with Gasteiger partial charge in [-0.3, -0.25) is 29.0 Å². The molecule has 5 atom stereocenters. The van der Waals surface area contributed by atoms with Crippen LogP contribution in [0.15, 0.2) is 73.1 Å². The van der Waals surface area contributed by atoms with E-state index < -0.39 is 35.5 Å². The van der Waals surface area contributed by atoms with Crippen molar-refractivity contribution in [2.24, 2.45) is 11.8 Å². The molecule has 5 amide bonds. The molecule has 10 rings (SSSR count). The Balaban J connectivity index is 0.694. The van der Waals surface area contributed by atoms with Crippen LogP contribution in [0.1, 0.15) is 160 Å². The molecule has 5 heterocycles. The first kappa shape index (κ1) is 62.8. The molecule has 6 aliphatic rings. The molecule has 17 nitrogen and oxygen atoms in total. The second-order valence-corrected chi connectivity index (χ2v) is 26.4. The van der Waals surface area contributed by atoms with Crippen LogP contribution in [0.2, 0.25) is 5.02 Å². The summed E-state index contributed by atoms with van der Waals surface area (Å²) in [6.07, 6.45) is 10.0. The van der Waals surface area contributed by atoms with E-state index in [1.165, 1.54) is 6.07 Å². The molecular weight excluding hydrogens is 1120 g/mol. The SMILES string of the molecule is C[C@@H]1C[C@@H](O)c2ncnc(N3CCN(C(=O)[C@H](CCN4CCC(CN5CCN(C(=O)[C@H](NC(=O)c6cccc(C7CCCN(C(=O)CN(Cc8ccc(F)cc8F)C(=O)OC(C)(C)C)C7)c6)C6CCCCC6)CC5)CC4)c4ccc(Cl)cc4)CC3)c21. The van der Waals surface area contributed by atoms with Gasteiger partial charge in [-0.15, -0.1) is 0 Å². The van der Waals surface area contributed by atoms with Crippen molar-refractivity contribution in [3.8, 4) is 0 Å². The van der Waals surface area contributed by atoms with Crippen LogP contribution in [0.5, 0.6) is 0 Å². The minimum absolute atomic E-state index is 0.0163. The van der Waals surface area contributed by atoms with E-state index >= 15 is 0 Å². The van der Waals surface area contributed by atoms with E-state index in [1.807, 2.05) is 52.3 Å². The van der Waals surface area contributed by atoms with E-state index in [1.54, 1.807) is 38.1 Å². The van der Waals surface area contributed by atoms with E-state index in [9.17, 15) is 37.9 Å². The Morgan fingerprint density at radius 1 is 0.779 bits per heavy atom. The maximum absolute atomic E-state index is 14.8. The van der Waals surface area contributed by atoms with Gasteiger partial charge in [-0.2, -0.15) is 0 Å². The number of benzene rings is 3. The van der Waals surface area contributed by atoms with Gasteiger partial charge in [0, 0.05) is 106 Å². The minimum atomic E-state index is -0.873. The highest BCUT2D eigenvalue weighted by Crippen LogP contribution is 2.43. The molecule has 0 radical (unpaired) electrons. The number of nitrogens with zero attached hydrogens (tertiary/aromatic N) is 9. The fraction of sp³-hybridized carbons (Fsp3) is 0.591. The third-order valence-corrected chi connectivity index (χ3v) is 19.1. The third-order valence-electron chi connectivity index (χ3n) is 18.8. The van der Waals surface area contributed by atoms with Crippen LogP contribution >= 0.6 is 11.6 Å². The van der Waals surface area contributed by atoms with E-state index in [2.05, 4.69) is 36.9 Å². The summed E-state index contributed by atoms with van der Waals surface area (Å²) in [5.74, 6) is -0.847. The number of piperidine rings is 2. The lowest BCUT2D eigenvalue weighted by molar-refractivity contribution is -0.137. The van der Waals surface area contributed by atoms with E-state index in [-0.39, 0.29) is 66.0 Å². The molecule has 20 heteroatoms. The van der Waals surface area contributed by atoms with Crippen LogP contribution in [0.25, 0.3) is 0 Å². The maximum atomic E-state index is 14.8. The van der Waals surface area contributed by atoms with Crippen molar-refractivity contribution in [3.63, 3.8) is 0 Å². The first-order valence-corrected chi connectivity index (χ1v) is 31.9. The number of aliphatic hydroxyl groups excluding tert-OH is 1. The van der Waals surface area contributed by atoms with Crippen molar-refractivity contribution in [1.82, 2.24) is 44.7 Å². The van der Waals surface area contributed by atoms with Crippen molar-refractivity contribution in [3.05, 3.63) is 123 Å². The molecule has 3 aromatic carbocycles. The molecule has 2 N–H and O–H groups in total. The quantitative estimate of drug-likeness (QED) is 0.103. The summed E-state index contributed by atoms with van der Waals surface area (Å²) >= 11 is 6.33. The summed E-state index contributed by atoms with van der Waals surface area (Å²) in [6.45, 7) is 16.4. The van der Waals surface area contributed by atoms with Crippen LogP contribution in [-0.2, 0) is 25.7 Å². The summed E-state index contributed by atoms with van der Waals surface area (Å²) < 4.78 is 34.1. The number of carbonyl (C=O) groups excluding carboxylic acids is 5. The van der Waals surface area contributed by atoms with Crippen molar-refractivity contribution in [1.29, 1.82) is 0 Å². The monoisotopic (exact) mass is 1200 g/mol. The first-order chi connectivity index (χ1) is 41.3. The Hall–Kier alpha value is -6.28. The van der Waals surface area contributed by atoms with Gasteiger partial charge in [0.05, 0.1) is 24.3 Å². The molecule has 1 unspecified atom stereocenters. The standard InChI is InChI=1S/C66H87ClF2N10O7/c1-44-36-56(80)60-58(44)61(71-43-70-60)75-32-34-76(35-33-75)63(83)54(46-15-18-52(67)19-16-46)23-27-73-25-21-45(22-26-73)39-74-28-30-77(31-29-74)64(84)59(47-10-6-5-7-11-47)72-62(82)49-13-8-12-48(37-49)50-14-9-24-78(40-50)57(81)42-79(65(85)86-66(2,3)4)41-51-17-20-53(68)38-55(51)69/h8,12-13,15-20,37-38,43-45,47,50,54,56,59,80H,5-7,9-11,14,21-36,39-42H2,1-4H3,(H,72,82)/t44-,50?,54-,56-,59-/m1/s1. The van der Waals surface area contributed by atoms with Gasteiger partial charge in [0.15, 0.2) is 0 Å². The lowest BCUT2D eigenvalue weighted by Gasteiger charge is -2.41. The second-order valence-electron chi connectivity index (χ2n) is 26.0. The zero-order valence-electron chi connectivity index (χ0n) is 50.6. The molecule has 86 heavy (non-hydrogen) atoms. The number of piperazine rings is 2. The molecule has 4 saturated heterocycles. The number of nitrogens with one attached hydrogen (secondary N) is 1. The van der Waals surface area contributed by atoms with Gasteiger partial charge in [0.2, 0.25) is 17.7 Å². The number of anilines is 1. The summed E-state index contributed by atoms with van der Waals surface area (Å²) in [4.78, 5) is 93.8. The molecule has 0 spiro atoms. The first-order valence-electron chi connectivity index (χ1n) is 31.5. The van der Waals surface area contributed by atoms with Crippen molar-refractivity contribution in [2.45, 2.75) is 140 Å². The van der Waals surface area contributed by atoms with Gasteiger partial charge in [0.1, 0.15) is 42.0 Å². The number of amides is 5. The lowest BCUT2D eigenvalue weighted by atomic mass is 9.83. The Labute approximate surface area is 510 Å². The van der Waals surface area contributed by atoms with Crippen molar-refractivity contribution in [2.75, 3.05) is 103 Å². The number of aromatic nitrogens is 2. The summed E-state index contributed by atoms with van der Waals surface area (Å²) in [6, 6.07) is 17.7. The van der Waals surface area contributed by atoms with E-state index in [0.29, 0.717) is 88.1 Å². The fourth-order valence-corrected chi connectivity index (χ4v) is 14.1. The number of rotatable bonds is 17. The maximum Gasteiger partial charge on any atom is 0.411 e.